The molecule has 8 rings (SSSR count). The maximum absolute atomic E-state index is 13.2. The fourth-order valence-corrected chi connectivity index (χ4v) is 9.80. The van der Waals surface area contributed by atoms with Crippen LogP contribution >= 0.6 is 0 Å². The SMILES string of the molecule is CC(C)S(=O)(=O)N1CCN(c2ccc(N3CCN(OC(=O)N[C@]45CC6CC(C4)[C@@H](O)[C@@H](C6)C5)c4ccccc43)cc2)CC1. The summed E-state index contributed by atoms with van der Waals surface area (Å²) in [7, 11) is -3.23. The molecule has 4 bridgehead atoms. The molecule has 10 nitrogen and oxygen atoms in total. The van der Waals surface area contributed by atoms with Crippen LogP contribution in [0.2, 0.25) is 0 Å². The summed E-state index contributed by atoms with van der Waals surface area (Å²) in [6.07, 6.45) is 4.17. The van der Waals surface area contributed by atoms with E-state index in [1.54, 1.807) is 23.2 Å². The Bertz CT molecular complexity index is 1440. The molecule has 0 spiro atoms. The Morgan fingerprint density at radius 2 is 1.51 bits per heavy atom. The topological polar surface area (TPSA) is 106 Å². The Morgan fingerprint density at radius 3 is 2.16 bits per heavy atom. The van der Waals surface area contributed by atoms with E-state index >= 15 is 0 Å². The van der Waals surface area contributed by atoms with Crippen LogP contribution in [-0.4, -0.2) is 80.1 Å². The van der Waals surface area contributed by atoms with Gasteiger partial charge >= 0.3 is 6.09 Å². The molecule has 232 valence electrons. The third-order valence-electron chi connectivity index (χ3n) is 10.5. The number of sulfonamides is 1. The van der Waals surface area contributed by atoms with E-state index in [9.17, 15) is 18.3 Å². The summed E-state index contributed by atoms with van der Waals surface area (Å²) in [6.45, 7) is 6.96. The van der Waals surface area contributed by atoms with Crippen molar-refractivity contribution in [1.29, 1.82) is 0 Å². The Kier molecular flexibility index (Phi) is 7.25. The third kappa shape index (κ3) is 5.23. The van der Waals surface area contributed by atoms with Gasteiger partial charge in [-0.05, 0) is 100 Å². The number of hydroxylamine groups is 1. The predicted octanol–water partition coefficient (Wildman–Crippen LogP) is 4.09. The Morgan fingerprint density at radius 1 is 0.884 bits per heavy atom. The molecule has 2 aromatic rings. The molecule has 11 heteroatoms. The molecular formula is C32H43N5O5S. The number of aliphatic hydroxyl groups excluding tert-OH is 1. The van der Waals surface area contributed by atoms with Crippen LogP contribution < -0.4 is 20.2 Å². The zero-order valence-electron chi connectivity index (χ0n) is 25.1. The molecule has 0 radical (unpaired) electrons. The second-order valence-electron chi connectivity index (χ2n) is 13.5. The smallest absolute Gasteiger partial charge is 0.393 e. The summed E-state index contributed by atoms with van der Waals surface area (Å²) >= 11 is 0. The van der Waals surface area contributed by atoms with Gasteiger partial charge in [0.15, 0.2) is 0 Å². The van der Waals surface area contributed by atoms with Crippen LogP contribution in [-0.2, 0) is 14.9 Å². The van der Waals surface area contributed by atoms with Gasteiger partial charge in [-0.15, -0.1) is 0 Å². The van der Waals surface area contributed by atoms with E-state index in [1.807, 2.05) is 24.3 Å². The maximum Gasteiger partial charge on any atom is 0.432 e. The monoisotopic (exact) mass is 609 g/mol. The lowest BCUT2D eigenvalue weighted by Crippen LogP contribution is -2.64. The molecule has 2 heterocycles. The number of anilines is 4. The minimum atomic E-state index is -3.23. The Balaban J connectivity index is 1.00. The lowest BCUT2D eigenvalue weighted by molar-refractivity contribution is -0.110. The van der Waals surface area contributed by atoms with E-state index < -0.39 is 21.4 Å². The van der Waals surface area contributed by atoms with Crippen molar-refractivity contribution in [2.24, 2.45) is 17.8 Å². The van der Waals surface area contributed by atoms with Crippen molar-refractivity contribution in [3.63, 3.8) is 0 Å². The molecule has 5 fully saturated rings. The second kappa shape index (κ2) is 10.9. The average Bonchev–Trinajstić information content (AvgIpc) is 2.99. The number of benzene rings is 2. The number of para-hydroxylation sites is 2. The van der Waals surface area contributed by atoms with Gasteiger partial charge < -0.3 is 25.1 Å². The molecule has 43 heavy (non-hydrogen) atoms. The molecule has 6 aliphatic rings. The Hall–Kier alpha value is -3.02. The van der Waals surface area contributed by atoms with Crippen molar-refractivity contribution in [3.05, 3.63) is 48.5 Å². The number of nitrogens with zero attached hydrogens (tertiary/aromatic N) is 4. The summed E-state index contributed by atoms with van der Waals surface area (Å²) in [5, 5.41) is 15.2. The highest BCUT2D eigenvalue weighted by Crippen LogP contribution is 2.55. The zero-order valence-corrected chi connectivity index (χ0v) is 25.9. The fourth-order valence-electron chi connectivity index (χ4n) is 8.53. The number of rotatable bonds is 6. The van der Waals surface area contributed by atoms with E-state index in [1.165, 1.54) is 0 Å². The zero-order chi connectivity index (χ0) is 29.9. The van der Waals surface area contributed by atoms with Gasteiger partial charge in [-0.1, -0.05) is 12.1 Å². The number of nitrogens with one attached hydrogen (secondary N) is 1. The van der Waals surface area contributed by atoms with Crippen molar-refractivity contribution >= 4 is 38.9 Å². The quantitative estimate of drug-likeness (QED) is 0.505. The van der Waals surface area contributed by atoms with Gasteiger partial charge in [-0.25, -0.2) is 18.3 Å². The second-order valence-corrected chi connectivity index (χ2v) is 16.0. The molecule has 2 aliphatic heterocycles. The number of fused-ring (bicyclic) bond motifs is 1. The summed E-state index contributed by atoms with van der Waals surface area (Å²) in [6, 6.07) is 16.4. The molecule has 2 N–H and O–H groups in total. The summed E-state index contributed by atoms with van der Waals surface area (Å²) in [5.41, 5.74) is 3.68. The molecule has 2 unspecified atom stereocenters. The van der Waals surface area contributed by atoms with E-state index in [0.29, 0.717) is 45.2 Å². The van der Waals surface area contributed by atoms with Crippen LogP contribution in [0.25, 0.3) is 0 Å². The van der Waals surface area contributed by atoms with E-state index in [-0.39, 0.29) is 23.5 Å². The number of carbonyl (C=O) groups excluding carboxylic acids is 1. The standard InChI is InChI=1S/C32H43N5O5S/c1-22(2)43(40,41)35-13-11-34(12-14-35)26-7-9-27(10-8-26)36-15-16-37(29-6-4-3-5-28(29)36)42-31(39)33-32-19-23-17-24(20-32)30(38)25(18-23)21-32/h3-10,22-25,30,38H,11-21H2,1-2H3,(H,33,39)/t23?,24-,25?,30-,32-/m0/s1. The lowest BCUT2D eigenvalue weighted by atomic mass is 9.52. The first kappa shape index (κ1) is 28.7. The maximum atomic E-state index is 13.2. The number of piperazine rings is 1. The molecule has 5 atom stereocenters. The minimum absolute atomic E-state index is 0.227. The van der Waals surface area contributed by atoms with Crippen LogP contribution in [0, 0.1) is 17.8 Å². The number of hydrogen-bond acceptors (Lipinski definition) is 8. The van der Waals surface area contributed by atoms with E-state index in [4.69, 9.17) is 4.84 Å². The van der Waals surface area contributed by atoms with E-state index in [0.717, 1.165) is 54.9 Å². The number of carbonyl (C=O) groups is 1. The van der Waals surface area contributed by atoms with Crippen molar-refractivity contribution in [3.8, 4) is 0 Å². The number of amides is 1. The first-order valence-electron chi connectivity index (χ1n) is 15.8. The largest absolute Gasteiger partial charge is 0.432 e. The van der Waals surface area contributed by atoms with Gasteiger partial charge in [0.05, 0.1) is 29.3 Å². The van der Waals surface area contributed by atoms with Crippen LogP contribution in [0.1, 0.15) is 46.0 Å². The van der Waals surface area contributed by atoms with Gasteiger partial charge in [0.2, 0.25) is 10.0 Å². The molecular weight excluding hydrogens is 566 g/mol. The van der Waals surface area contributed by atoms with Crippen LogP contribution in [0.5, 0.6) is 0 Å². The van der Waals surface area contributed by atoms with Crippen molar-refractivity contribution < 1.29 is 23.2 Å². The van der Waals surface area contributed by atoms with Crippen molar-refractivity contribution in [1.82, 2.24) is 9.62 Å². The molecule has 2 aromatic carbocycles. The third-order valence-corrected chi connectivity index (χ3v) is 12.7. The van der Waals surface area contributed by atoms with Gasteiger partial charge in [-0.2, -0.15) is 4.31 Å². The van der Waals surface area contributed by atoms with Gasteiger partial charge in [0, 0.05) is 49.6 Å². The van der Waals surface area contributed by atoms with Crippen LogP contribution in [0.4, 0.5) is 27.5 Å². The van der Waals surface area contributed by atoms with Crippen LogP contribution in [0.3, 0.4) is 0 Å². The minimum Gasteiger partial charge on any atom is -0.393 e. The van der Waals surface area contributed by atoms with Gasteiger partial charge in [0.25, 0.3) is 0 Å². The average molecular weight is 610 g/mol. The lowest BCUT2D eigenvalue weighted by Gasteiger charge is -2.58. The number of hydrogen-bond donors (Lipinski definition) is 2. The van der Waals surface area contributed by atoms with Gasteiger partial charge in [0.1, 0.15) is 0 Å². The molecule has 4 saturated carbocycles. The number of aliphatic hydroxyl groups is 1. The fraction of sp³-hybridized carbons (Fsp3) is 0.594. The molecule has 4 aliphatic carbocycles. The Labute approximate surface area is 254 Å². The normalized spacial score (nSPS) is 30.5. The molecule has 1 amide bonds. The first-order chi connectivity index (χ1) is 20.6. The summed E-state index contributed by atoms with van der Waals surface area (Å²) in [4.78, 5) is 23.7. The highest BCUT2D eigenvalue weighted by atomic mass is 32.2. The first-order valence-corrected chi connectivity index (χ1v) is 17.3. The van der Waals surface area contributed by atoms with Crippen LogP contribution in [0.15, 0.2) is 48.5 Å². The van der Waals surface area contributed by atoms with Gasteiger partial charge in [-0.3, -0.25) is 0 Å². The van der Waals surface area contributed by atoms with Crippen molar-refractivity contribution in [2.75, 3.05) is 54.1 Å². The highest BCUT2D eigenvalue weighted by molar-refractivity contribution is 7.89. The highest BCUT2D eigenvalue weighted by Gasteiger charge is 2.56. The predicted molar refractivity (Wildman–Crippen MR) is 167 cm³/mol. The molecule has 1 saturated heterocycles. The van der Waals surface area contributed by atoms with Crippen molar-refractivity contribution in [2.45, 2.75) is 62.8 Å². The summed E-state index contributed by atoms with van der Waals surface area (Å²) in [5.74, 6) is 1.16. The summed E-state index contributed by atoms with van der Waals surface area (Å²) < 4.78 is 26.7. The van der Waals surface area contributed by atoms with E-state index in [2.05, 4.69) is 39.4 Å². The molecule has 0 aromatic heterocycles.